The summed E-state index contributed by atoms with van der Waals surface area (Å²) in [6, 6.07) is 24.6. The van der Waals surface area contributed by atoms with Crippen LogP contribution in [0.15, 0.2) is 89.8 Å². The first-order chi connectivity index (χ1) is 16.4. The summed E-state index contributed by atoms with van der Waals surface area (Å²) in [5.74, 6) is 0.242. The molecular formula is C27H32N2O4S. The SMILES string of the molecule is CCOc1ccc(S(=O)(=O)N[C@@H](Cc2ccccc2)C(=O)N[C@@H](C)CCc2ccccc2)cc1. The van der Waals surface area contributed by atoms with Crippen molar-refractivity contribution in [2.45, 2.75) is 50.1 Å². The molecule has 180 valence electrons. The molecule has 3 aromatic rings. The van der Waals surface area contributed by atoms with Gasteiger partial charge in [0, 0.05) is 6.04 Å². The van der Waals surface area contributed by atoms with Crippen molar-refractivity contribution in [1.82, 2.24) is 10.0 Å². The van der Waals surface area contributed by atoms with Crippen molar-refractivity contribution in [1.29, 1.82) is 0 Å². The van der Waals surface area contributed by atoms with E-state index in [0.717, 1.165) is 18.4 Å². The second-order valence-corrected chi connectivity index (χ2v) is 9.92. The molecule has 3 aromatic carbocycles. The van der Waals surface area contributed by atoms with Crippen molar-refractivity contribution in [2.75, 3.05) is 6.61 Å². The Balaban J connectivity index is 1.71. The van der Waals surface area contributed by atoms with E-state index in [1.165, 1.54) is 17.7 Å². The van der Waals surface area contributed by atoms with Gasteiger partial charge in [-0.05, 0) is 68.5 Å². The lowest BCUT2D eigenvalue weighted by Gasteiger charge is -2.22. The average Bonchev–Trinajstić information content (AvgIpc) is 2.84. The summed E-state index contributed by atoms with van der Waals surface area (Å²) >= 11 is 0. The monoisotopic (exact) mass is 480 g/mol. The summed E-state index contributed by atoms with van der Waals surface area (Å²) in [5, 5.41) is 2.98. The molecule has 0 aromatic heterocycles. The van der Waals surface area contributed by atoms with Gasteiger partial charge in [-0.25, -0.2) is 8.42 Å². The van der Waals surface area contributed by atoms with E-state index in [-0.39, 0.29) is 23.3 Å². The Morgan fingerprint density at radius 3 is 2.06 bits per heavy atom. The van der Waals surface area contributed by atoms with Crippen molar-refractivity contribution in [2.24, 2.45) is 0 Å². The second-order valence-electron chi connectivity index (χ2n) is 8.20. The molecule has 0 aliphatic heterocycles. The molecule has 0 radical (unpaired) electrons. The highest BCUT2D eigenvalue weighted by molar-refractivity contribution is 7.89. The van der Waals surface area contributed by atoms with Crippen LogP contribution in [0.2, 0.25) is 0 Å². The van der Waals surface area contributed by atoms with Crippen molar-refractivity contribution < 1.29 is 17.9 Å². The maximum Gasteiger partial charge on any atom is 0.241 e. The predicted octanol–water partition coefficient (Wildman–Crippen LogP) is 4.11. The van der Waals surface area contributed by atoms with E-state index in [2.05, 4.69) is 22.2 Å². The summed E-state index contributed by atoms with van der Waals surface area (Å²) in [6.07, 6.45) is 1.82. The zero-order chi connectivity index (χ0) is 24.4. The molecular weight excluding hydrogens is 448 g/mol. The van der Waals surface area contributed by atoms with Crippen LogP contribution in [-0.4, -0.2) is 33.0 Å². The second kappa shape index (κ2) is 12.3. The molecule has 6 nitrogen and oxygen atoms in total. The van der Waals surface area contributed by atoms with E-state index in [0.29, 0.717) is 12.4 Å². The molecule has 0 fully saturated rings. The van der Waals surface area contributed by atoms with Gasteiger partial charge in [-0.3, -0.25) is 4.79 Å². The fourth-order valence-corrected chi connectivity index (χ4v) is 4.81. The molecule has 2 N–H and O–H groups in total. The Bertz CT molecular complexity index is 1130. The Morgan fingerprint density at radius 2 is 1.47 bits per heavy atom. The lowest BCUT2D eigenvalue weighted by atomic mass is 10.0. The van der Waals surface area contributed by atoms with Crippen LogP contribution in [0.4, 0.5) is 0 Å². The molecule has 2 atom stereocenters. The van der Waals surface area contributed by atoms with Crippen molar-refractivity contribution in [3.05, 3.63) is 96.1 Å². The highest BCUT2D eigenvalue weighted by Crippen LogP contribution is 2.17. The number of hydrogen-bond donors (Lipinski definition) is 2. The molecule has 0 aliphatic carbocycles. The first-order valence-corrected chi connectivity index (χ1v) is 13.0. The summed E-state index contributed by atoms with van der Waals surface area (Å²) in [6.45, 7) is 4.29. The van der Waals surface area contributed by atoms with Crippen LogP contribution >= 0.6 is 0 Å². The number of rotatable bonds is 12. The molecule has 3 rings (SSSR count). The number of ether oxygens (including phenoxy) is 1. The van der Waals surface area contributed by atoms with Crippen molar-refractivity contribution >= 4 is 15.9 Å². The number of benzene rings is 3. The van der Waals surface area contributed by atoms with E-state index >= 15 is 0 Å². The lowest BCUT2D eigenvalue weighted by Crippen LogP contribution is -2.50. The minimum atomic E-state index is -3.91. The minimum absolute atomic E-state index is 0.0824. The van der Waals surface area contributed by atoms with Gasteiger partial charge in [0.2, 0.25) is 15.9 Å². The molecule has 0 spiro atoms. The number of carbonyl (C=O) groups is 1. The Labute approximate surface area is 202 Å². The maximum absolute atomic E-state index is 13.2. The third kappa shape index (κ3) is 7.71. The summed E-state index contributed by atoms with van der Waals surface area (Å²) in [5.41, 5.74) is 2.06. The van der Waals surface area contributed by atoms with E-state index in [4.69, 9.17) is 4.74 Å². The Kier molecular flexibility index (Phi) is 9.24. The predicted molar refractivity (Wildman–Crippen MR) is 134 cm³/mol. The van der Waals surface area contributed by atoms with Gasteiger partial charge in [-0.15, -0.1) is 0 Å². The largest absolute Gasteiger partial charge is 0.494 e. The number of hydrogen-bond acceptors (Lipinski definition) is 4. The normalized spacial score (nSPS) is 13.1. The highest BCUT2D eigenvalue weighted by Gasteiger charge is 2.27. The molecule has 1 amide bonds. The highest BCUT2D eigenvalue weighted by atomic mass is 32.2. The summed E-state index contributed by atoms with van der Waals surface area (Å²) in [7, 11) is -3.91. The molecule has 0 heterocycles. The van der Waals surface area contributed by atoms with E-state index in [1.54, 1.807) is 12.1 Å². The van der Waals surface area contributed by atoms with Gasteiger partial charge < -0.3 is 10.1 Å². The Morgan fingerprint density at radius 1 is 0.882 bits per heavy atom. The molecule has 34 heavy (non-hydrogen) atoms. The fourth-order valence-electron chi connectivity index (χ4n) is 3.62. The standard InChI is InChI=1S/C27H32N2O4S/c1-3-33-24-16-18-25(19-17-24)34(31,32)29-26(20-23-12-8-5-9-13-23)27(30)28-21(2)14-15-22-10-6-4-7-11-22/h4-13,16-19,21,26,29H,3,14-15,20H2,1-2H3,(H,28,30)/t21-,26-/m0/s1. The van der Waals surface area contributed by atoms with Crippen LogP contribution in [0.5, 0.6) is 5.75 Å². The van der Waals surface area contributed by atoms with Crippen LogP contribution < -0.4 is 14.8 Å². The first-order valence-electron chi connectivity index (χ1n) is 11.5. The van der Waals surface area contributed by atoms with E-state index in [9.17, 15) is 13.2 Å². The zero-order valence-electron chi connectivity index (χ0n) is 19.6. The maximum atomic E-state index is 13.2. The molecule has 7 heteroatoms. The number of aryl methyl sites for hydroxylation is 1. The van der Waals surface area contributed by atoms with Gasteiger partial charge in [0.1, 0.15) is 11.8 Å². The fraction of sp³-hybridized carbons (Fsp3) is 0.296. The van der Waals surface area contributed by atoms with Crippen LogP contribution in [0.1, 0.15) is 31.4 Å². The third-order valence-electron chi connectivity index (χ3n) is 5.44. The minimum Gasteiger partial charge on any atom is -0.494 e. The number of nitrogens with one attached hydrogen (secondary N) is 2. The van der Waals surface area contributed by atoms with Crippen molar-refractivity contribution in [3.63, 3.8) is 0 Å². The molecule has 0 saturated heterocycles. The third-order valence-corrected chi connectivity index (χ3v) is 6.93. The average molecular weight is 481 g/mol. The number of sulfonamides is 1. The van der Waals surface area contributed by atoms with Gasteiger partial charge >= 0.3 is 0 Å². The smallest absolute Gasteiger partial charge is 0.241 e. The van der Waals surface area contributed by atoms with Crippen LogP contribution in [-0.2, 0) is 27.7 Å². The van der Waals surface area contributed by atoms with E-state index < -0.39 is 16.1 Å². The zero-order valence-corrected chi connectivity index (χ0v) is 20.4. The molecule has 0 aliphatic rings. The number of carbonyl (C=O) groups excluding carboxylic acids is 1. The summed E-state index contributed by atoms with van der Waals surface area (Å²) < 4.78 is 34.1. The van der Waals surface area contributed by atoms with Gasteiger partial charge in [0.05, 0.1) is 11.5 Å². The van der Waals surface area contributed by atoms with Crippen molar-refractivity contribution in [3.8, 4) is 5.75 Å². The summed E-state index contributed by atoms with van der Waals surface area (Å²) in [4.78, 5) is 13.2. The van der Waals surface area contributed by atoms with Crippen LogP contribution in [0.3, 0.4) is 0 Å². The van der Waals surface area contributed by atoms with Gasteiger partial charge in [0.15, 0.2) is 0 Å². The van der Waals surface area contributed by atoms with E-state index in [1.807, 2.05) is 62.4 Å². The quantitative estimate of drug-likeness (QED) is 0.409. The molecule has 0 unspecified atom stereocenters. The Hall–Kier alpha value is -3.16. The molecule has 0 saturated carbocycles. The van der Waals surface area contributed by atoms with Gasteiger partial charge in [-0.2, -0.15) is 4.72 Å². The van der Waals surface area contributed by atoms with Gasteiger partial charge in [0.25, 0.3) is 0 Å². The van der Waals surface area contributed by atoms with Crippen LogP contribution in [0, 0.1) is 0 Å². The van der Waals surface area contributed by atoms with Crippen LogP contribution in [0.25, 0.3) is 0 Å². The first kappa shape index (κ1) is 25.5. The van der Waals surface area contributed by atoms with Gasteiger partial charge in [-0.1, -0.05) is 60.7 Å². The lowest BCUT2D eigenvalue weighted by molar-refractivity contribution is -0.123. The topological polar surface area (TPSA) is 84.5 Å². The number of amides is 1. The molecule has 0 bridgehead atoms.